The van der Waals surface area contributed by atoms with Crippen molar-refractivity contribution in [3.63, 3.8) is 0 Å². The summed E-state index contributed by atoms with van der Waals surface area (Å²) in [4.78, 5) is 11.5. The number of rotatable bonds is 4. The molecular formula is C9H8ClIO5S. The first-order valence-corrected chi connectivity index (χ1v) is 7.43. The molecule has 0 fully saturated rings. The highest BCUT2D eigenvalue weighted by Gasteiger charge is 2.13. The number of esters is 1. The summed E-state index contributed by atoms with van der Waals surface area (Å²) >= 11 is 7.79. The van der Waals surface area contributed by atoms with E-state index in [0.29, 0.717) is 0 Å². The van der Waals surface area contributed by atoms with Gasteiger partial charge >= 0.3 is 5.97 Å². The van der Waals surface area contributed by atoms with Crippen molar-refractivity contribution in [3.8, 4) is 0 Å². The third-order valence-electron chi connectivity index (χ3n) is 1.72. The fourth-order valence-corrected chi connectivity index (χ4v) is 1.95. The van der Waals surface area contributed by atoms with Crippen LogP contribution in [0.5, 0.6) is 0 Å². The Bertz CT molecular complexity index is 528. The zero-order valence-electron chi connectivity index (χ0n) is 8.39. The van der Waals surface area contributed by atoms with E-state index in [-0.39, 0.29) is 10.6 Å². The molecule has 0 saturated heterocycles. The maximum absolute atomic E-state index is 11.5. The zero-order valence-corrected chi connectivity index (χ0v) is 12.1. The average Bonchev–Trinajstić information content (AvgIpc) is 2.19. The quantitative estimate of drug-likeness (QED) is 0.483. The Kier molecular flexibility index (Phi) is 5.17. The second-order valence-corrected chi connectivity index (χ2v) is 6.27. The summed E-state index contributed by atoms with van der Waals surface area (Å²) in [6.07, 6.45) is 0. The molecule has 0 spiro atoms. The summed E-state index contributed by atoms with van der Waals surface area (Å²) in [6.45, 7) is -0.417. The molecule has 1 aromatic carbocycles. The lowest BCUT2D eigenvalue weighted by atomic mass is 10.2. The molecule has 0 aliphatic rings. The number of ether oxygens (including phenoxy) is 1. The van der Waals surface area contributed by atoms with Crippen LogP contribution >= 0.6 is 34.2 Å². The molecule has 1 aromatic rings. The van der Waals surface area contributed by atoms with Gasteiger partial charge in [-0.1, -0.05) is 11.6 Å². The predicted molar refractivity (Wildman–Crippen MR) is 70.9 cm³/mol. The summed E-state index contributed by atoms with van der Waals surface area (Å²) in [6, 6.07) is 4.79. The summed E-state index contributed by atoms with van der Waals surface area (Å²) in [7, 11) is -4.13. The normalized spacial score (nSPS) is 11.2. The predicted octanol–water partition coefficient (Wildman–Crippen LogP) is 1.99. The van der Waals surface area contributed by atoms with Gasteiger partial charge in [0.2, 0.25) is 0 Å². The third kappa shape index (κ3) is 5.19. The van der Waals surface area contributed by atoms with Crippen LogP contribution in [0.15, 0.2) is 18.2 Å². The second-order valence-electron chi connectivity index (χ2n) is 3.05. The van der Waals surface area contributed by atoms with Gasteiger partial charge in [0.15, 0.2) is 0 Å². The second kappa shape index (κ2) is 5.98. The molecule has 0 heterocycles. The maximum Gasteiger partial charge on any atom is 0.339 e. The van der Waals surface area contributed by atoms with Crippen LogP contribution < -0.4 is 0 Å². The maximum atomic E-state index is 11.5. The van der Waals surface area contributed by atoms with Crippen LogP contribution in [0.2, 0.25) is 5.02 Å². The largest absolute Gasteiger partial charge is 0.461 e. The number of halogens is 2. The van der Waals surface area contributed by atoms with Gasteiger partial charge in [0.1, 0.15) is 12.4 Å². The summed E-state index contributed by atoms with van der Waals surface area (Å²) in [5.41, 5.74) is 0.161. The Labute approximate surface area is 117 Å². The van der Waals surface area contributed by atoms with E-state index in [1.54, 1.807) is 12.1 Å². The highest BCUT2D eigenvalue weighted by molar-refractivity contribution is 14.1. The van der Waals surface area contributed by atoms with Crippen molar-refractivity contribution in [2.75, 3.05) is 12.4 Å². The molecule has 0 atom stereocenters. The van der Waals surface area contributed by atoms with Crippen molar-refractivity contribution in [2.45, 2.75) is 0 Å². The number of hydrogen-bond acceptors (Lipinski definition) is 4. The molecule has 8 heteroatoms. The van der Waals surface area contributed by atoms with Crippen molar-refractivity contribution in [2.24, 2.45) is 0 Å². The smallest absolute Gasteiger partial charge is 0.339 e. The number of hydrogen-bond donors (Lipinski definition) is 1. The molecule has 1 N–H and O–H groups in total. The Morgan fingerprint density at radius 1 is 1.47 bits per heavy atom. The van der Waals surface area contributed by atoms with Crippen molar-refractivity contribution >= 4 is 50.3 Å². The molecule has 0 unspecified atom stereocenters. The summed E-state index contributed by atoms with van der Waals surface area (Å²) < 4.78 is 34.7. The van der Waals surface area contributed by atoms with Crippen molar-refractivity contribution < 1.29 is 22.5 Å². The highest BCUT2D eigenvalue weighted by Crippen LogP contribution is 2.19. The Morgan fingerprint density at radius 2 is 2.12 bits per heavy atom. The first kappa shape index (κ1) is 14.7. The standard InChI is InChI=1S/C9H8ClIO5S/c10-8-2-1-6(11)5-7(8)9(12)16-3-4-17(13,14)15/h1-2,5H,3-4H2,(H,13,14,15). The minimum absolute atomic E-state index is 0.161. The molecule has 0 bridgehead atoms. The van der Waals surface area contributed by atoms with Crippen LogP contribution in [0, 0.1) is 3.57 Å². The minimum atomic E-state index is -4.13. The van der Waals surface area contributed by atoms with Crippen LogP contribution in [-0.2, 0) is 14.9 Å². The molecule has 0 aliphatic carbocycles. The zero-order chi connectivity index (χ0) is 13.1. The first-order chi connectivity index (χ1) is 7.79. The van der Waals surface area contributed by atoms with Gasteiger partial charge < -0.3 is 4.74 Å². The van der Waals surface area contributed by atoms with Gasteiger partial charge in [-0.25, -0.2) is 4.79 Å². The van der Waals surface area contributed by atoms with E-state index in [1.165, 1.54) is 6.07 Å². The molecule has 0 radical (unpaired) electrons. The van der Waals surface area contributed by atoms with Gasteiger partial charge in [0.05, 0.1) is 10.6 Å². The van der Waals surface area contributed by atoms with Crippen LogP contribution in [0.3, 0.4) is 0 Å². The molecule has 0 aromatic heterocycles. The van der Waals surface area contributed by atoms with Gasteiger partial charge in [-0.15, -0.1) is 0 Å². The Hall–Kier alpha value is -0.380. The highest BCUT2D eigenvalue weighted by atomic mass is 127. The lowest BCUT2D eigenvalue weighted by Gasteiger charge is -2.05. The molecule has 0 aliphatic heterocycles. The third-order valence-corrected chi connectivity index (χ3v) is 3.41. The summed E-state index contributed by atoms with van der Waals surface area (Å²) in [5.74, 6) is -1.36. The van der Waals surface area contributed by atoms with Gasteiger partial charge in [0, 0.05) is 3.57 Å². The first-order valence-electron chi connectivity index (χ1n) is 4.37. The Balaban J connectivity index is 2.67. The average molecular weight is 391 g/mol. The van der Waals surface area contributed by atoms with E-state index in [2.05, 4.69) is 4.74 Å². The van der Waals surface area contributed by atoms with Crippen LogP contribution in [0.4, 0.5) is 0 Å². The Morgan fingerprint density at radius 3 is 2.71 bits per heavy atom. The SMILES string of the molecule is O=C(OCCS(=O)(=O)O)c1cc(I)ccc1Cl. The lowest BCUT2D eigenvalue weighted by Crippen LogP contribution is -2.15. The molecule has 1 rings (SSSR count). The van der Waals surface area contributed by atoms with Crippen LogP contribution in [0.1, 0.15) is 10.4 Å². The summed E-state index contributed by atoms with van der Waals surface area (Å²) in [5, 5.41) is 0.224. The molecular weight excluding hydrogens is 383 g/mol. The van der Waals surface area contributed by atoms with Crippen LogP contribution in [0.25, 0.3) is 0 Å². The van der Waals surface area contributed by atoms with E-state index in [0.717, 1.165) is 3.57 Å². The van der Waals surface area contributed by atoms with E-state index in [1.807, 2.05) is 22.6 Å². The van der Waals surface area contributed by atoms with Crippen LogP contribution in [-0.4, -0.2) is 31.3 Å². The molecule has 94 valence electrons. The van der Waals surface area contributed by atoms with E-state index >= 15 is 0 Å². The topological polar surface area (TPSA) is 80.7 Å². The molecule has 5 nitrogen and oxygen atoms in total. The number of carbonyl (C=O) groups is 1. The van der Waals surface area contributed by atoms with Gasteiger partial charge in [-0.2, -0.15) is 8.42 Å². The lowest BCUT2D eigenvalue weighted by molar-refractivity contribution is 0.0528. The molecule has 0 amide bonds. The van der Waals surface area contributed by atoms with Gasteiger partial charge in [-0.05, 0) is 40.8 Å². The van der Waals surface area contributed by atoms with Crippen molar-refractivity contribution in [3.05, 3.63) is 32.4 Å². The number of carbonyl (C=O) groups excluding carboxylic acids is 1. The monoisotopic (exact) mass is 390 g/mol. The minimum Gasteiger partial charge on any atom is -0.461 e. The van der Waals surface area contributed by atoms with Gasteiger partial charge in [0.25, 0.3) is 10.1 Å². The van der Waals surface area contributed by atoms with Crippen molar-refractivity contribution in [1.82, 2.24) is 0 Å². The van der Waals surface area contributed by atoms with Crippen molar-refractivity contribution in [1.29, 1.82) is 0 Å². The van der Waals surface area contributed by atoms with Gasteiger partial charge in [-0.3, -0.25) is 4.55 Å². The molecule has 17 heavy (non-hydrogen) atoms. The van der Waals surface area contributed by atoms with E-state index < -0.39 is 28.4 Å². The fraction of sp³-hybridized carbons (Fsp3) is 0.222. The fourth-order valence-electron chi connectivity index (χ4n) is 0.971. The molecule has 0 saturated carbocycles. The van der Waals surface area contributed by atoms with E-state index in [4.69, 9.17) is 16.2 Å². The van der Waals surface area contributed by atoms with E-state index in [9.17, 15) is 13.2 Å². The number of benzene rings is 1.